The summed E-state index contributed by atoms with van der Waals surface area (Å²) in [5, 5.41) is 19.5. The second-order valence-corrected chi connectivity index (χ2v) is 5.52. The molecule has 0 saturated heterocycles. The van der Waals surface area contributed by atoms with Gasteiger partial charge in [0.15, 0.2) is 17.3 Å². The molecule has 0 radical (unpaired) electrons. The lowest BCUT2D eigenvalue weighted by molar-refractivity contribution is 0.0738. The van der Waals surface area contributed by atoms with Gasteiger partial charge in [-0.3, -0.25) is 4.57 Å². The number of methoxy groups -OCH3 is 2. The first-order valence-corrected chi connectivity index (χ1v) is 7.82. The molecule has 8 heteroatoms. The van der Waals surface area contributed by atoms with E-state index in [1.165, 1.54) is 38.5 Å². The summed E-state index contributed by atoms with van der Waals surface area (Å²) in [6.45, 7) is -2.87. The maximum Gasteiger partial charge on any atom is 0.320 e. The number of allylic oxidation sites excluding steroid dienone is 1. The quantitative estimate of drug-likeness (QED) is 0.679. The number of hydrogen-bond donors (Lipinski definition) is 1. The SMILES string of the molecule is COc1cc(/C=C(\C#N)c2nc3ccccc3n2C(F)F)cc(OC)c1O. The molecule has 138 valence electrons. The van der Waals surface area contributed by atoms with Crippen LogP contribution in [0.15, 0.2) is 36.4 Å². The average Bonchev–Trinajstić information content (AvgIpc) is 3.06. The number of alkyl halides is 2. The summed E-state index contributed by atoms with van der Waals surface area (Å²) in [4.78, 5) is 4.18. The van der Waals surface area contributed by atoms with Crippen LogP contribution in [0.4, 0.5) is 8.78 Å². The number of phenolic OH excluding ortho intramolecular Hbond substituents is 1. The number of rotatable bonds is 5. The zero-order chi connectivity index (χ0) is 19.6. The molecule has 0 spiro atoms. The van der Waals surface area contributed by atoms with Crippen molar-refractivity contribution in [3.8, 4) is 23.3 Å². The van der Waals surface area contributed by atoms with Crippen LogP contribution in [0, 0.1) is 11.3 Å². The Morgan fingerprint density at radius 1 is 1.22 bits per heavy atom. The Balaban J connectivity index is 2.21. The Hall–Kier alpha value is -3.60. The largest absolute Gasteiger partial charge is 0.502 e. The normalized spacial score (nSPS) is 11.6. The fourth-order valence-corrected chi connectivity index (χ4v) is 2.74. The van der Waals surface area contributed by atoms with Crippen molar-refractivity contribution in [2.75, 3.05) is 14.2 Å². The van der Waals surface area contributed by atoms with Crippen molar-refractivity contribution >= 4 is 22.7 Å². The van der Waals surface area contributed by atoms with Crippen LogP contribution in [-0.4, -0.2) is 28.9 Å². The van der Waals surface area contributed by atoms with E-state index in [1.807, 2.05) is 6.07 Å². The minimum Gasteiger partial charge on any atom is -0.502 e. The highest BCUT2D eigenvalue weighted by molar-refractivity contribution is 5.91. The summed E-state index contributed by atoms with van der Waals surface area (Å²) in [6, 6.07) is 11.3. The lowest BCUT2D eigenvalue weighted by Crippen LogP contribution is -2.03. The summed E-state index contributed by atoms with van der Waals surface area (Å²) in [7, 11) is 2.73. The summed E-state index contributed by atoms with van der Waals surface area (Å²) in [5.74, 6) is -0.101. The van der Waals surface area contributed by atoms with Gasteiger partial charge in [0.1, 0.15) is 6.07 Å². The van der Waals surface area contributed by atoms with E-state index in [1.54, 1.807) is 18.2 Å². The predicted octanol–water partition coefficient (Wildman–Crippen LogP) is 4.22. The van der Waals surface area contributed by atoms with Crippen molar-refractivity contribution in [2.24, 2.45) is 0 Å². The minimum atomic E-state index is -2.87. The van der Waals surface area contributed by atoms with Gasteiger partial charge in [-0.2, -0.15) is 14.0 Å². The fraction of sp³-hybridized carbons (Fsp3) is 0.158. The molecule has 6 nitrogen and oxygen atoms in total. The van der Waals surface area contributed by atoms with Gasteiger partial charge < -0.3 is 14.6 Å². The molecule has 0 atom stereocenters. The molecule has 0 aliphatic heterocycles. The van der Waals surface area contributed by atoms with E-state index in [4.69, 9.17) is 9.47 Å². The molecular weight excluding hydrogens is 356 g/mol. The molecule has 0 aliphatic carbocycles. The number of para-hydroxylation sites is 2. The molecule has 0 aliphatic rings. The molecular formula is C19H15F2N3O3. The maximum atomic E-state index is 13.6. The number of fused-ring (bicyclic) bond motifs is 1. The van der Waals surface area contributed by atoms with Crippen LogP contribution in [0.3, 0.4) is 0 Å². The molecule has 0 bridgehead atoms. The molecule has 27 heavy (non-hydrogen) atoms. The fourth-order valence-electron chi connectivity index (χ4n) is 2.74. The number of imidazole rings is 1. The van der Waals surface area contributed by atoms with E-state index in [0.29, 0.717) is 15.6 Å². The van der Waals surface area contributed by atoms with Gasteiger partial charge in [0.05, 0.1) is 30.8 Å². The van der Waals surface area contributed by atoms with Crippen LogP contribution in [0.5, 0.6) is 17.2 Å². The van der Waals surface area contributed by atoms with E-state index in [-0.39, 0.29) is 34.2 Å². The topological polar surface area (TPSA) is 80.3 Å². The number of hydrogen-bond acceptors (Lipinski definition) is 5. The van der Waals surface area contributed by atoms with Gasteiger partial charge in [0.2, 0.25) is 5.75 Å². The second kappa shape index (κ2) is 7.33. The van der Waals surface area contributed by atoms with Crippen LogP contribution < -0.4 is 9.47 Å². The van der Waals surface area contributed by atoms with E-state index in [9.17, 15) is 19.1 Å². The minimum absolute atomic E-state index is 0.0682. The highest BCUT2D eigenvalue weighted by Crippen LogP contribution is 2.38. The number of nitriles is 1. The second-order valence-electron chi connectivity index (χ2n) is 5.52. The van der Waals surface area contributed by atoms with Crippen LogP contribution in [0.1, 0.15) is 17.9 Å². The van der Waals surface area contributed by atoms with Crippen molar-refractivity contribution in [1.29, 1.82) is 5.26 Å². The Morgan fingerprint density at radius 2 is 1.85 bits per heavy atom. The predicted molar refractivity (Wildman–Crippen MR) is 95.7 cm³/mol. The maximum absolute atomic E-state index is 13.6. The zero-order valence-electron chi connectivity index (χ0n) is 14.5. The third-order valence-corrected chi connectivity index (χ3v) is 3.97. The molecule has 0 fully saturated rings. The Labute approximate surface area is 153 Å². The van der Waals surface area contributed by atoms with Crippen molar-refractivity contribution in [3.05, 3.63) is 47.8 Å². The van der Waals surface area contributed by atoms with Gasteiger partial charge >= 0.3 is 6.55 Å². The van der Waals surface area contributed by atoms with Gasteiger partial charge in [0, 0.05) is 0 Å². The van der Waals surface area contributed by atoms with E-state index in [0.717, 1.165) is 0 Å². The third-order valence-electron chi connectivity index (χ3n) is 3.97. The molecule has 1 aromatic heterocycles. The molecule has 3 aromatic rings. The van der Waals surface area contributed by atoms with E-state index >= 15 is 0 Å². The summed E-state index contributed by atoms with van der Waals surface area (Å²) >= 11 is 0. The molecule has 0 saturated carbocycles. The number of phenols is 1. The Bertz CT molecular complexity index is 1040. The van der Waals surface area contributed by atoms with Gasteiger partial charge in [-0.15, -0.1) is 0 Å². The first-order chi connectivity index (χ1) is 13.0. The molecule has 0 amide bonds. The lowest BCUT2D eigenvalue weighted by atomic mass is 10.1. The monoisotopic (exact) mass is 371 g/mol. The van der Waals surface area contributed by atoms with Gasteiger partial charge in [-0.1, -0.05) is 12.1 Å². The number of benzene rings is 2. The number of nitrogens with zero attached hydrogens (tertiary/aromatic N) is 3. The third kappa shape index (κ3) is 3.27. The van der Waals surface area contributed by atoms with Crippen LogP contribution >= 0.6 is 0 Å². The van der Waals surface area contributed by atoms with Crippen LogP contribution in [0.2, 0.25) is 0 Å². The van der Waals surface area contributed by atoms with Crippen LogP contribution in [0.25, 0.3) is 22.7 Å². The van der Waals surface area contributed by atoms with Gasteiger partial charge in [-0.05, 0) is 35.9 Å². The van der Waals surface area contributed by atoms with Crippen molar-refractivity contribution in [1.82, 2.24) is 9.55 Å². The average molecular weight is 371 g/mol. The highest BCUT2D eigenvalue weighted by atomic mass is 19.3. The van der Waals surface area contributed by atoms with Crippen molar-refractivity contribution in [3.63, 3.8) is 0 Å². The van der Waals surface area contributed by atoms with E-state index in [2.05, 4.69) is 4.98 Å². The lowest BCUT2D eigenvalue weighted by Gasteiger charge is -2.10. The summed E-state index contributed by atoms with van der Waals surface area (Å²) < 4.78 is 38.1. The smallest absolute Gasteiger partial charge is 0.320 e. The van der Waals surface area contributed by atoms with Gasteiger partial charge in [-0.25, -0.2) is 4.98 Å². The molecule has 0 unspecified atom stereocenters. The molecule has 3 rings (SSSR count). The first-order valence-electron chi connectivity index (χ1n) is 7.82. The number of ether oxygens (including phenoxy) is 2. The van der Waals surface area contributed by atoms with Crippen molar-refractivity contribution < 1.29 is 23.4 Å². The molecule has 1 heterocycles. The number of halogens is 2. The van der Waals surface area contributed by atoms with Crippen molar-refractivity contribution in [2.45, 2.75) is 6.55 Å². The number of aromatic hydroxyl groups is 1. The van der Waals surface area contributed by atoms with Gasteiger partial charge in [0.25, 0.3) is 0 Å². The Kier molecular flexibility index (Phi) is 4.94. The molecule has 2 aromatic carbocycles. The first kappa shape index (κ1) is 18.2. The standard InChI is InChI=1S/C19H15F2N3O3/c1-26-15-8-11(9-16(27-2)17(15)25)7-12(10-22)18-23-13-5-3-4-6-14(13)24(18)19(20)21/h3-9,19,25H,1-2H3/b12-7+. The summed E-state index contributed by atoms with van der Waals surface area (Å²) in [6.07, 6.45) is 1.38. The van der Waals surface area contributed by atoms with Crippen LogP contribution in [-0.2, 0) is 0 Å². The van der Waals surface area contributed by atoms with E-state index < -0.39 is 6.55 Å². The number of aromatic nitrogens is 2. The Morgan fingerprint density at radius 3 is 2.41 bits per heavy atom. The molecule has 1 N–H and O–H groups in total. The highest BCUT2D eigenvalue weighted by Gasteiger charge is 2.21. The summed E-state index contributed by atoms with van der Waals surface area (Å²) in [5.41, 5.74) is 0.937. The zero-order valence-corrected chi connectivity index (χ0v) is 14.5.